The van der Waals surface area contributed by atoms with E-state index in [4.69, 9.17) is 0 Å². The molecule has 0 saturated carbocycles. The van der Waals surface area contributed by atoms with Crippen LogP contribution in [0.25, 0.3) is 10.1 Å². The maximum Gasteiger partial charge on any atom is 0.320 e. The zero-order chi connectivity index (χ0) is 17.4. The van der Waals surface area contributed by atoms with Crippen LogP contribution in [0.1, 0.15) is 40.4 Å². The van der Waals surface area contributed by atoms with Crippen molar-refractivity contribution in [3.05, 3.63) is 57.1 Å². The molecule has 2 atom stereocenters. The summed E-state index contributed by atoms with van der Waals surface area (Å²) >= 11 is 3.61. The minimum absolute atomic E-state index is 0.0475. The lowest BCUT2D eigenvalue weighted by atomic mass is 10.1. The SMILES string of the molecule is CCc1ccc(C(c2cc3ccccc3s2)N2CCCC2C(=O)O)s1. The predicted octanol–water partition coefficient (Wildman–Crippen LogP) is 5.16. The maximum atomic E-state index is 11.8. The van der Waals surface area contributed by atoms with E-state index >= 15 is 0 Å². The van der Waals surface area contributed by atoms with E-state index in [1.807, 2.05) is 11.3 Å². The minimum Gasteiger partial charge on any atom is -0.480 e. The van der Waals surface area contributed by atoms with Gasteiger partial charge in [0.25, 0.3) is 0 Å². The van der Waals surface area contributed by atoms with Gasteiger partial charge in [-0.1, -0.05) is 25.1 Å². The highest BCUT2D eigenvalue weighted by Crippen LogP contribution is 2.42. The highest BCUT2D eigenvalue weighted by atomic mass is 32.1. The van der Waals surface area contributed by atoms with Crippen molar-refractivity contribution < 1.29 is 9.90 Å². The number of benzene rings is 1. The third-order valence-electron chi connectivity index (χ3n) is 4.93. The van der Waals surface area contributed by atoms with Crippen LogP contribution in [0.5, 0.6) is 0 Å². The molecule has 3 aromatic rings. The summed E-state index contributed by atoms with van der Waals surface area (Å²) in [6.45, 7) is 3.01. The first-order valence-electron chi connectivity index (χ1n) is 8.73. The van der Waals surface area contributed by atoms with Gasteiger partial charge in [-0.3, -0.25) is 9.69 Å². The summed E-state index contributed by atoms with van der Waals surface area (Å²) < 4.78 is 1.26. The van der Waals surface area contributed by atoms with Gasteiger partial charge in [-0.05, 0) is 48.9 Å². The van der Waals surface area contributed by atoms with Crippen molar-refractivity contribution in [2.45, 2.75) is 38.3 Å². The molecule has 3 heterocycles. The standard InChI is InChI=1S/C20H21NO2S2/c1-2-14-9-10-17(24-14)19(21-11-5-7-15(21)20(22)23)18-12-13-6-3-4-8-16(13)25-18/h3-4,6,8-10,12,15,19H,2,5,7,11H2,1H3,(H,22,23). The Morgan fingerprint density at radius 2 is 2.08 bits per heavy atom. The molecule has 1 saturated heterocycles. The van der Waals surface area contributed by atoms with Gasteiger partial charge in [0.1, 0.15) is 6.04 Å². The van der Waals surface area contributed by atoms with Crippen molar-refractivity contribution in [2.75, 3.05) is 6.54 Å². The third kappa shape index (κ3) is 3.12. The largest absolute Gasteiger partial charge is 0.480 e. The highest BCUT2D eigenvalue weighted by molar-refractivity contribution is 7.19. The van der Waals surface area contributed by atoms with E-state index in [0.29, 0.717) is 0 Å². The lowest BCUT2D eigenvalue weighted by molar-refractivity contribution is -0.142. The summed E-state index contributed by atoms with van der Waals surface area (Å²) in [5.41, 5.74) is 0. The van der Waals surface area contributed by atoms with Crippen molar-refractivity contribution in [3.8, 4) is 0 Å². The van der Waals surface area contributed by atoms with Crippen LogP contribution in [-0.4, -0.2) is 28.6 Å². The average molecular weight is 372 g/mol. The number of thiophene rings is 2. The second kappa shape index (κ2) is 6.90. The highest BCUT2D eigenvalue weighted by Gasteiger charge is 2.38. The van der Waals surface area contributed by atoms with E-state index in [0.717, 1.165) is 25.8 Å². The van der Waals surface area contributed by atoms with E-state index in [2.05, 4.69) is 54.3 Å². The molecular weight excluding hydrogens is 350 g/mol. The summed E-state index contributed by atoms with van der Waals surface area (Å²) in [4.78, 5) is 17.8. The summed E-state index contributed by atoms with van der Waals surface area (Å²) in [7, 11) is 0. The Balaban J connectivity index is 1.81. The Hall–Kier alpha value is -1.69. The van der Waals surface area contributed by atoms with Gasteiger partial charge in [-0.2, -0.15) is 0 Å². The van der Waals surface area contributed by atoms with Crippen LogP contribution < -0.4 is 0 Å². The molecule has 1 aromatic carbocycles. The second-order valence-electron chi connectivity index (χ2n) is 6.48. The molecule has 0 aliphatic carbocycles. The fourth-order valence-electron chi connectivity index (χ4n) is 3.70. The van der Waals surface area contributed by atoms with Crippen LogP contribution >= 0.6 is 22.7 Å². The monoisotopic (exact) mass is 371 g/mol. The number of nitrogens with zero attached hydrogens (tertiary/aromatic N) is 1. The van der Waals surface area contributed by atoms with Gasteiger partial charge in [0.05, 0.1) is 6.04 Å². The number of aryl methyl sites for hydroxylation is 1. The molecule has 25 heavy (non-hydrogen) atoms. The first-order chi connectivity index (χ1) is 12.2. The molecule has 1 aliphatic heterocycles. The van der Waals surface area contributed by atoms with Gasteiger partial charge in [0.2, 0.25) is 0 Å². The zero-order valence-corrected chi connectivity index (χ0v) is 15.8. The quantitative estimate of drug-likeness (QED) is 0.673. The summed E-state index contributed by atoms with van der Waals surface area (Å²) in [5, 5.41) is 10.9. The first-order valence-corrected chi connectivity index (χ1v) is 10.4. The van der Waals surface area contributed by atoms with Gasteiger partial charge < -0.3 is 5.11 Å². The number of carboxylic acids is 1. The molecular formula is C20H21NO2S2. The van der Waals surface area contributed by atoms with Gasteiger partial charge in [0, 0.05) is 25.9 Å². The van der Waals surface area contributed by atoms with Gasteiger partial charge >= 0.3 is 5.97 Å². The maximum absolute atomic E-state index is 11.8. The van der Waals surface area contributed by atoms with Crippen LogP contribution in [-0.2, 0) is 11.2 Å². The first kappa shape index (κ1) is 16.8. The number of aliphatic carboxylic acids is 1. The topological polar surface area (TPSA) is 40.5 Å². The van der Waals surface area contributed by atoms with Crippen LogP contribution in [0, 0.1) is 0 Å². The molecule has 0 bridgehead atoms. The molecule has 4 rings (SSSR count). The molecule has 2 aromatic heterocycles. The normalized spacial score (nSPS) is 19.5. The Kier molecular flexibility index (Phi) is 4.63. The summed E-state index contributed by atoms with van der Waals surface area (Å²) in [6, 6.07) is 14.7. The third-order valence-corrected chi connectivity index (χ3v) is 7.38. The number of carbonyl (C=O) groups is 1. The Labute approximate surface area is 155 Å². The molecule has 0 radical (unpaired) electrons. The smallest absolute Gasteiger partial charge is 0.320 e. The molecule has 3 nitrogen and oxygen atoms in total. The summed E-state index contributed by atoms with van der Waals surface area (Å²) in [5.74, 6) is -0.698. The van der Waals surface area contributed by atoms with Crippen molar-refractivity contribution in [3.63, 3.8) is 0 Å². The molecule has 1 fully saturated rings. The molecule has 130 valence electrons. The minimum atomic E-state index is -0.698. The van der Waals surface area contributed by atoms with Crippen LogP contribution in [0.4, 0.5) is 0 Å². The average Bonchev–Trinajstić information content (AvgIpc) is 3.34. The number of fused-ring (bicyclic) bond motifs is 1. The molecule has 1 aliphatic rings. The second-order valence-corrected chi connectivity index (χ2v) is 8.80. The number of rotatable bonds is 5. The molecule has 0 spiro atoms. The van der Waals surface area contributed by atoms with E-state index in [9.17, 15) is 9.90 Å². The van der Waals surface area contributed by atoms with E-state index in [-0.39, 0.29) is 12.1 Å². The van der Waals surface area contributed by atoms with Crippen LogP contribution in [0.15, 0.2) is 42.5 Å². The summed E-state index contributed by atoms with van der Waals surface area (Å²) in [6.07, 6.45) is 2.71. The van der Waals surface area contributed by atoms with Crippen molar-refractivity contribution in [2.24, 2.45) is 0 Å². The van der Waals surface area contributed by atoms with Crippen LogP contribution in [0.2, 0.25) is 0 Å². The fraction of sp³-hybridized carbons (Fsp3) is 0.350. The van der Waals surface area contributed by atoms with Gasteiger partial charge in [-0.25, -0.2) is 0 Å². The van der Waals surface area contributed by atoms with Crippen molar-refractivity contribution >= 4 is 38.7 Å². The predicted molar refractivity (Wildman–Crippen MR) is 105 cm³/mol. The van der Waals surface area contributed by atoms with E-state index in [1.54, 1.807) is 11.3 Å². The molecule has 2 unspecified atom stereocenters. The number of carboxylic acid groups (broad SMARTS) is 1. The van der Waals surface area contributed by atoms with Gasteiger partial charge in [-0.15, -0.1) is 22.7 Å². The zero-order valence-electron chi connectivity index (χ0n) is 14.1. The molecule has 0 amide bonds. The Morgan fingerprint density at radius 3 is 2.80 bits per heavy atom. The number of likely N-dealkylation sites (tertiary alicyclic amines) is 1. The van der Waals surface area contributed by atoms with Crippen molar-refractivity contribution in [1.82, 2.24) is 4.90 Å². The number of hydrogen-bond donors (Lipinski definition) is 1. The van der Waals surface area contributed by atoms with Crippen molar-refractivity contribution in [1.29, 1.82) is 0 Å². The van der Waals surface area contributed by atoms with Gasteiger partial charge in [0.15, 0.2) is 0 Å². The van der Waals surface area contributed by atoms with E-state index < -0.39 is 5.97 Å². The lowest BCUT2D eigenvalue weighted by Gasteiger charge is -2.29. The van der Waals surface area contributed by atoms with Crippen LogP contribution in [0.3, 0.4) is 0 Å². The molecule has 5 heteroatoms. The fourth-order valence-corrected chi connectivity index (χ4v) is 6.07. The lowest BCUT2D eigenvalue weighted by Crippen LogP contribution is -2.38. The molecule has 1 N–H and O–H groups in total. The van der Waals surface area contributed by atoms with E-state index in [1.165, 1.54) is 24.7 Å². The Morgan fingerprint density at radius 1 is 1.24 bits per heavy atom. The Bertz CT molecular complexity index is 865. The number of hydrogen-bond acceptors (Lipinski definition) is 4.